The van der Waals surface area contributed by atoms with Crippen LogP contribution in [0.1, 0.15) is 100 Å². The molecule has 2 aromatic carbocycles. The molecule has 1 unspecified atom stereocenters. The normalized spacial score (nSPS) is 24.8. The van der Waals surface area contributed by atoms with Gasteiger partial charge in [0.1, 0.15) is 21.9 Å². The Balaban J connectivity index is 1.27. The van der Waals surface area contributed by atoms with E-state index < -0.39 is 78.3 Å². The first-order chi connectivity index (χ1) is 25.4. The lowest BCUT2D eigenvalue weighted by Gasteiger charge is -2.58. The van der Waals surface area contributed by atoms with Crippen LogP contribution in [-0.4, -0.2) is 73.4 Å². The van der Waals surface area contributed by atoms with Crippen LogP contribution in [-0.2, 0) is 21.3 Å². The summed E-state index contributed by atoms with van der Waals surface area (Å²) in [6, 6.07) is 9.09. The third kappa shape index (κ3) is 6.52. The lowest BCUT2D eigenvalue weighted by molar-refractivity contribution is -0.299. The van der Waals surface area contributed by atoms with E-state index in [1.165, 1.54) is 24.5 Å². The summed E-state index contributed by atoms with van der Waals surface area (Å²) in [5.41, 5.74) is -0.810. The quantitative estimate of drug-likeness (QED) is 0.107. The molecule has 3 atom stereocenters. The van der Waals surface area contributed by atoms with Crippen LogP contribution in [0.25, 0.3) is 22.2 Å². The van der Waals surface area contributed by atoms with Gasteiger partial charge in [0, 0.05) is 66.8 Å². The molecule has 7 rings (SSSR count). The number of nitrogens with one attached hydrogen (secondary N) is 1. The SMILES string of the molecule is CN1C(=O)c2cccc(OC(F)F)c2[C@H]2C[C@@H]1c1nc3ccc(-c4cnc(C5(N[S+]([O-])C(C)(C)C)CC(O[Si](C)(C)C(C)(C)C)(C(F)(F)F)C5)nc4)cc3n12. The minimum atomic E-state index is -4.70. The van der Waals surface area contributed by atoms with Gasteiger partial charge < -0.3 is 23.2 Å². The van der Waals surface area contributed by atoms with Gasteiger partial charge in [-0.3, -0.25) is 4.79 Å². The topological polar surface area (TPSA) is 117 Å². The van der Waals surface area contributed by atoms with Crippen molar-refractivity contribution in [2.45, 2.75) is 120 Å². The average molecular weight is 805 g/mol. The summed E-state index contributed by atoms with van der Waals surface area (Å²) in [6.45, 7) is 11.3. The van der Waals surface area contributed by atoms with E-state index in [-0.39, 0.29) is 23.0 Å². The van der Waals surface area contributed by atoms with Crippen molar-refractivity contribution in [3.63, 3.8) is 0 Å². The van der Waals surface area contributed by atoms with Crippen LogP contribution < -0.4 is 9.46 Å². The van der Waals surface area contributed by atoms with Gasteiger partial charge in [-0.15, -0.1) is 4.72 Å². The Morgan fingerprint density at radius 2 is 1.65 bits per heavy atom. The molecule has 0 spiro atoms. The molecule has 4 heterocycles. The van der Waals surface area contributed by atoms with E-state index in [0.29, 0.717) is 40.0 Å². The molecule has 1 fully saturated rings. The number of aromatic nitrogens is 4. The Kier molecular flexibility index (Phi) is 9.32. The second-order valence-electron chi connectivity index (χ2n) is 17.4. The molecule has 2 bridgehead atoms. The maximum absolute atomic E-state index is 15.0. The molecule has 4 aromatic rings. The van der Waals surface area contributed by atoms with Gasteiger partial charge in [-0.25, -0.2) is 15.0 Å². The van der Waals surface area contributed by atoms with Crippen LogP contribution in [0.5, 0.6) is 5.75 Å². The second-order valence-corrected chi connectivity index (χ2v) is 24.1. The van der Waals surface area contributed by atoms with Gasteiger partial charge in [-0.05, 0) is 68.7 Å². The minimum Gasteiger partial charge on any atom is -0.598 e. The fraction of sp³-hybridized carbons (Fsp3) is 0.526. The number of amides is 1. The van der Waals surface area contributed by atoms with Crippen molar-refractivity contribution in [2.75, 3.05) is 7.05 Å². The molecule has 2 aromatic heterocycles. The first kappa shape index (κ1) is 39.6. The maximum atomic E-state index is 15.0. The molecule has 0 radical (unpaired) electrons. The number of nitrogens with zero attached hydrogens (tertiary/aromatic N) is 5. The molecule has 55 heavy (non-hydrogen) atoms. The number of halogens is 5. The molecule has 296 valence electrons. The van der Waals surface area contributed by atoms with Gasteiger partial charge in [0.15, 0.2) is 19.7 Å². The zero-order valence-corrected chi connectivity index (χ0v) is 34.0. The summed E-state index contributed by atoms with van der Waals surface area (Å²) < 4.78 is 101. The number of hydrogen-bond donors (Lipinski definition) is 1. The van der Waals surface area contributed by atoms with Crippen molar-refractivity contribution in [2.24, 2.45) is 0 Å². The lowest BCUT2D eigenvalue weighted by atomic mass is 9.64. The van der Waals surface area contributed by atoms with Crippen LogP contribution in [0.15, 0.2) is 48.8 Å². The first-order valence-corrected chi connectivity index (χ1v) is 22.1. The van der Waals surface area contributed by atoms with Gasteiger partial charge in [0.25, 0.3) is 5.91 Å². The molecule has 1 saturated carbocycles. The molecule has 1 N–H and O–H groups in total. The molecule has 0 saturated heterocycles. The first-order valence-electron chi connectivity index (χ1n) is 18.0. The molecule has 17 heteroatoms. The highest BCUT2D eigenvalue weighted by molar-refractivity contribution is 7.90. The van der Waals surface area contributed by atoms with Crippen molar-refractivity contribution in [1.82, 2.24) is 29.1 Å². The number of alkyl halides is 5. The largest absolute Gasteiger partial charge is 0.598 e. The Labute approximate surface area is 320 Å². The van der Waals surface area contributed by atoms with E-state index in [1.807, 2.05) is 37.5 Å². The summed E-state index contributed by atoms with van der Waals surface area (Å²) >= 11 is -1.76. The summed E-state index contributed by atoms with van der Waals surface area (Å²) in [5, 5.41) is -0.490. The van der Waals surface area contributed by atoms with Crippen molar-refractivity contribution in [1.29, 1.82) is 0 Å². The third-order valence-electron chi connectivity index (χ3n) is 11.6. The lowest BCUT2D eigenvalue weighted by Crippen LogP contribution is -2.73. The van der Waals surface area contributed by atoms with Gasteiger partial charge >= 0.3 is 12.8 Å². The van der Waals surface area contributed by atoms with Crippen LogP contribution >= 0.6 is 0 Å². The highest BCUT2D eigenvalue weighted by atomic mass is 32.2. The average Bonchev–Trinajstić information content (AvgIpc) is 3.58. The summed E-state index contributed by atoms with van der Waals surface area (Å²) in [6.07, 6.45) is -2.36. The number of ether oxygens (including phenoxy) is 1. The number of carbonyl (C=O) groups is 1. The zero-order valence-electron chi connectivity index (χ0n) is 32.1. The molecule has 1 amide bonds. The van der Waals surface area contributed by atoms with E-state index in [1.54, 1.807) is 57.9 Å². The predicted molar refractivity (Wildman–Crippen MR) is 200 cm³/mol. The van der Waals surface area contributed by atoms with Crippen LogP contribution in [0.3, 0.4) is 0 Å². The highest BCUT2D eigenvalue weighted by Crippen LogP contribution is 2.60. The molecule has 10 nitrogen and oxygen atoms in total. The Morgan fingerprint density at radius 3 is 2.24 bits per heavy atom. The van der Waals surface area contributed by atoms with Crippen molar-refractivity contribution in [3.05, 3.63) is 71.6 Å². The second kappa shape index (κ2) is 12.9. The van der Waals surface area contributed by atoms with Gasteiger partial charge in [-0.1, -0.05) is 32.9 Å². The molecule has 3 aliphatic rings. The highest BCUT2D eigenvalue weighted by Gasteiger charge is 2.73. The van der Waals surface area contributed by atoms with Gasteiger partial charge in [0.05, 0.1) is 23.1 Å². The summed E-state index contributed by atoms with van der Waals surface area (Å²) in [4.78, 5) is 29.1. The number of benzene rings is 2. The fourth-order valence-electron chi connectivity index (χ4n) is 7.68. The molecular formula is C38H45F5N6O4SSi. The van der Waals surface area contributed by atoms with Gasteiger partial charge in [-0.2, -0.15) is 22.0 Å². The number of imidazole rings is 1. The molecule has 1 aliphatic carbocycles. The number of carbonyl (C=O) groups excluding carboxylic acids is 1. The van der Waals surface area contributed by atoms with Crippen LogP contribution in [0.2, 0.25) is 18.1 Å². The maximum Gasteiger partial charge on any atom is 0.416 e. The van der Waals surface area contributed by atoms with Gasteiger partial charge in [0.2, 0.25) is 0 Å². The van der Waals surface area contributed by atoms with E-state index in [0.717, 1.165) is 0 Å². The van der Waals surface area contributed by atoms with Crippen molar-refractivity contribution in [3.8, 4) is 16.9 Å². The molecular weight excluding hydrogens is 760 g/mol. The zero-order chi connectivity index (χ0) is 40.3. The van der Waals surface area contributed by atoms with E-state index in [2.05, 4.69) is 14.7 Å². The number of hydrogen-bond acceptors (Lipinski definition) is 8. The summed E-state index contributed by atoms with van der Waals surface area (Å²) in [7, 11) is -1.25. The van der Waals surface area contributed by atoms with Crippen molar-refractivity contribution < 1.29 is 40.5 Å². The van der Waals surface area contributed by atoms with E-state index >= 15 is 0 Å². The van der Waals surface area contributed by atoms with E-state index in [9.17, 15) is 31.3 Å². The number of fused-ring (bicyclic) bond motifs is 9. The van der Waals surface area contributed by atoms with E-state index in [4.69, 9.17) is 14.1 Å². The monoisotopic (exact) mass is 804 g/mol. The number of rotatable bonds is 8. The Hall–Kier alpha value is -3.64. The van der Waals surface area contributed by atoms with Crippen molar-refractivity contribution >= 4 is 36.6 Å². The standard InChI is InChI=1S/C38H45F5N6O4SSi/c1-34(2,3)54(51)47-36(19-37(20-36,38(41,42)43)53-55(8,9)35(4,5)6)32-44-17-22(18-45-32)21-13-14-24-25(15-21)49-26-16-27(30(49)46-24)48(7)31(50)23-11-10-12-28(29(23)26)52-33(39)40/h10-15,17-18,26-27,33,47H,16,19-20H2,1-9H3/t26-,27-,36?,37?,54?/m1/s1. The Bertz CT molecular complexity index is 2140. The Morgan fingerprint density at radius 1 is 1.00 bits per heavy atom. The van der Waals surface area contributed by atoms with Crippen LogP contribution in [0, 0.1) is 0 Å². The summed E-state index contributed by atoms with van der Waals surface area (Å²) in [5.74, 6) is 0.280. The molecule has 2 aliphatic heterocycles. The fourth-order valence-corrected chi connectivity index (χ4v) is 10.1. The van der Waals surface area contributed by atoms with Crippen LogP contribution in [0.4, 0.5) is 22.0 Å². The minimum absolute atomic E-state index is 0.0693. The third-order valence-corrected chi connectivity index (χ3v) is 17.8. The smallest absolute Gasteiger partial charge is 0.416 e. The predicted octanol–water partition coefficient (Wildman–Crippen LogP) is 8.58.